The molecule has 2 aromatic rings. The van der Waals surface area contributed by atoms with Gasteiger partial charge in [0.2, 0.25) is 5.91 Å². The maximum atomic E-state index is 12.2. The normalized spacial score (nSPS) is 18.2. The third-order valence-corrected chi connectivity index (χ3v) is 4.66. The number of likely N-dealkylation sites (tertiary alicyclic amines) is 1. The molecule has 1 aromatic carbocycles. The number of carbonyl (C=O) groups excluding carboxylic acids is 1. The third kappa shape index (κ3) is 2.32. The van der Waals surface area contributed by atoms with Crippen LogP contribution in [0.3, 0.4) is 0 Å². The fourth-order valence-electron chi connectivity index (χ4n) is 2.41. The van der Waals surface area contributed by atoms with E-state index in [2.05, 4.69) is 16.5 Å². The van der Waals surface area contributed by atoms with Crippen LogP contribution in [-0.4, -0.2) is 28.9 Å². The lowest BCUT2D eigenvalue weighted by atomic mass is 10.1. The van der Waals surface area contributed by atoms with Gasteiger partial charge in [0, 0.05) is 13.1 Å². The monoisotopic (exact) mass is 286 g/mol. The van der Waals surface area contributed by atoms with Crippen molar-refractivity contribution in [3.05, 3.63) is 23.8 Å². The van der Waals surface area contributed by atoms with Gasteiger partial charge < -0.3 is 10.2 Å². The number of aryl methyl sites for hydroxylation is 1. The fourth-order valence-corrected chi connectivity index (χ4v) is 3.35. The summed E-state index contributed by atoms with van der Waals surface area (Å²) in [6, 6.07) is 5.94. The quantitative estimate of drug-likeness (QED) is 0.860. The number of hydrogen-bond donors (Lipinski definition) is 1. The SMILES string of the molecule is Cc1cccc2nc(NC(=O)C3CCN(C#N)C3)sc12. The number of carbonyl (C=O) groups is 1. The molecule has 102 valence electrons. The molecule has 1 N–H and O–H groups in total. The molecule has 0 saturated carbocycles. The van der Waals surface area contributed by atoms with Gasteiger partial charge in [-0.15, -0.1) is 0 Å². The average molecular weight is 286 g/mol. The standard InChI is InChI=1S/C14H14N4OS/c1-9-3-2-4-11-12(9)20-14(16-11)17-13(19)10-5-6-18(7-10)8-15/h2-4,10H,5-7H2,1H3,(H,16,17,19). The zero-order chi connectivity index (χ0) is 14.1. The molecule has 2 heterocycles. The second-order valence-electron chi connectivity index (χ2n) is 4.96. The van der Waals surface area contributed by atoms with Crippen molar-refractivity contribution in [3.63, 3.8) is 0 Å². The lowest BCUT2D eigenvalue weighted by Gasteiger charge is -2.08. The molecule has 1 unspecified atom stereocenters. The highest BCUT2D eigenvalue weighted by Crippen LogP contribution is 2.29. The van der Waals surface area contributed by atoms with E-state index >= 15 is 0 Å². The predicted octanol–water partition coefficient (Wildman–Crippen LogP) is 2.35. The molecule has 1 atom stereocenters. The highest BCUT2D eigenvalue weighted by atomic mass is 32.1. The minimum absolute atomic E-state index is 0.0422. The van der Waals surface area contributed by atoms with Gasteiger partial charge in [0.25, 0.3) is 0 Å². The summed E-state index contributed by atoms with van der Waals surface area (Å²) in [5.74, 6) is -0.165. The van der Waals surface area contributed by atoms with Crippen LogP contribution in [0.2, 0.25) is 0 Å². The van der Waals surface area contributed by atoms with Crippen molar-refractivity contribution in [2.45, 2.75) is 13.3 Å². The lowest BCUT2D eigenvalue weighted by molar-refractivity contribution is -0.119. The Hall–Kier alpha value is -2.13. The smallest absolute Gasteiger partial charge is 0.231 e. The highest BCUT2D eigenvalue weighted by Gasteiger charge is 2.28. The van der Waals surface area contributed by atoms with Crippen LogP contribution in [0.4, 0.5) is 5.13 Å². The van der Waals surface area contributed by atoms with E-state index in [1.54, 1.807) is 4.90 Å². The first-order valence-corrected chi connectivity index (χ1v) is 7.30. The topological polar surface area (TPSA) is 69.0 Å². The van der Waals surface area contributed by atoms with Crippen LogP contribution >= 0.6 is 11.3 Å². The van der Waals surface area contributed by atoms with Crippen LogP contribution < -0.4 is 5.32 Å². The number of thiazole rings is 1. The summed E-state index contributed by atoms with van der Waals surface area (Å²) in [6.07, 6.45) is 2.81. The Bertz CT molecular complexity index is 703. The summed E-state index contributed by atoms with van der Waals surface area (Å²) in [6.45, 7) is 3.20. The molecule has 0 bridgehead atoms. The summed E-state index contributed by atoms with van der Waals surface area (Å²) >= 11 is 1.50. The molecule has 0 radical (unpaired) electrons. The van der Waals surface area contributed by atoms with Crippen molar-refractivity contribution in [1.82, 2.24) is 9.88 Å². The highest BCUT2D eigenvalue weighted by molar-refractivity contribution is 7.22. The Labute approximate surface area is 120 Å². The van der Waals surface area contributed by atoms with Crippen LogP contribution in [-0.2, 0) is 4.79 Å². The van der Waals surface area contributed by atoms with E-state index in [4.69, 9.17) is 5.26 Å². The first-order chi connectivity index (χ1) is 9.67. The van der Waals surface area contributed by atoms with Crippen LogP contribution in [0.5, 0.6) is 0 Å². The van der Waals surface area contributed by atoms with E-state index in [-0.39, 0.29) is 11.8 Å². The van der Waals surface area contributed by atoms with Crippen LogP contribution in [0.1, 0.15) is 12.0 Å². The van der Waals surface area contributed by atoms with Crippen molar-refractivity contribution < 1.29 is 4.79 Å². The average Bonchev–Trinajstić information content (AvgIpc) is 3.05. The van der Waals surface area contributed by atoms with Crippen LogP contribution in [0.15, 0.2) is 18.2 Å². The number of amides is 1. The number of rotatable bonds is 2. The minimum Gasteiger partial charge on any atom is -0.310 e. The number of aromatic nitrogens is 1. The summed E-state index contributed by atoms with van der Waals surface area (Å²) in [4.78, 5) is 18.2. The van der Waals surface area contributed by atoms with Crippen molar-refractivity contribution >= 4 is 32.6 Å². The third-order valence-electron chi connectivity index (χ3n) is 3.54. The van der Waals surface area contributed by atoms with Gasteiger partial charge in [-0.25, -0.2) is 4.98 Å². The van der Waals surface area contributed by atoms with E-state index < -0.39 is 0 Å². The molecule has 3 rings (SSSR count). The Kier molecular flexibility index (Phi) is 3.28. The van der Waals surface area contributed by atoms with Crippen LogP contribution in [0.25, 0.3) is 10.2 Å². The summed E-state index contributed by atoms with van der Waals surface area (Å²) < 4.78 is 1.10. The molecule has 20 heavy (non-hydrogen) atoms. The van der Waals surface area contributed by atoms with E-state index in [0.29, 0.717) is 18.2 Å². The molecule has 0 spiro atoms. The maximum Gasteiger partial charge on any atom is 0.231 e. The Balaban J connectivity index is 1.75. The first-order valence-electron chi connectivity index (χ1n) is 6.49. The van der Waals surface area contributed by atoms with Gasteiger partial charge in [0.15, 0.2) is 11.3 Å². The molecule has 6 heteroatoms. The number of nitriles is 1. The molecular weight excluding hydrogens is 272 g/mol. The molecule has 5 nitrogen and oxygen atoms in total. The van der Waals surface area contributed by atoms with E-state index in [1.807, 2.05) is 25.1 Å². The number of fused-ring (bicyclic) bond motifs is 1. The number of nitrogens with one attached hydrogen (secondary N) is 1. The summed E-state index contributed by atoms with van der Waals surface area (Å²) in [5, 5.41) is 12.3. The predicted molar refractivity (Wildman–Crippen MR) is 78.3 cm³/mol. The van der Waals surface area contributed by atoms with E-state index in [0.717, 1.165) is 22.2 Å². The zero-order valence-electron chi connectivity index (χ0n) is 11.1. The van der Waals surface area contributed by atoms with Gasteiger partial charge in [-0.2, -0.15) is 5.26 Å². The molecule has 1 saturated heterocycles. The molecule has 1 fully saturated rings. The summed E-state index contributed by atoms with van der Waals surface area (Å²) in [7, 11) is 0. The molecule has 1 aromatic heterocycles. The number of nitrogens with zero attached hydrogens (tertiary/aromatic N) is 3. The van der Waals surface area contributed by atoms with Gasteiger partial charge in [-0.1, -0.05) is 23.5 Å². The second-order valence-corrected chi connectivity index (χ2v) is 5.96. The lowest BCUT2D eigenvalue weighted by Crippen LogP contribution is -2.25. The van der Waals surface area contributed by atoms with Crippen molar-refractivity contribution in [3.8, 4) is 6.19 Å². The fraction of sp³-hybridized carbons (Fsp3) is 0.357. The molecule has 1 aliphatic heterocycles. The molecule has 0 aliphatic carbocycles. The first kappa shape index (κ1) is 12.9. The second kappa shape index (κ2) is 5.10. The largest absolute Gasteiger partial charge is 0.310 e. The number of benzene rings is 1. The minimum atomic E-state index is -0.122. The Morgan fingerprint density at radius 1 is 1.60 bits per heavy atom. The van der Waals surface area contributed by atoms with E-state index in [1.165, 1.54) is 11.3 Å². The van der Waals surface area contributed by atoms with Gasteiger partial charge in [0.1, 0.15) is 0 Å². The van der Waals surface area contributed by atoms with E-state index in [9.17, 15) is 4.79 Å². The van der Waals surface area contributed by atoms with Crippen molar-refractivity contribution in [1.29, 1.82) is 5.26 Å². The Morgan fingerprint density at radius 3 is 3.15 bits per heavy atom. The van der Waals surface area contributed by atoms with Gasteiger partial charge in [-0.3, -0.25) is 4.79 Å². The number of anilines is 1. The van der Waals surface area contributed by atoms with Crippen molar-refractivity contribution in [2.75, 3.05) is 18.4 Å². The van der Waals surface area contributed by atoms with Gasteiger partial charge in [0.05, 0.1) is 16.1 Å². The van der Waals surface area contributed by atoms with Gasteiger partial charge >= 0.3 is 0 Å². The molecular formula is C14H14N4OS. The summed E-state index contributed by atoms with van der Waals surface area (Å²) in [5.41, 5.74) is 2.08. The maximum absolute atomic E-state index is 12.2. The zero-order valence-corrected chi connectivity index (χ0v) is 11.9. The van der Waals surface area contributed by atoms with Crippen molar-refractivity contribution in [2.24, 2.45) is 5.92 Å². The number of hydrogen-bond acceptors (Lipinski definition) is 5. The molecule has 1 aliphatic rings. The molecule has 1 amide bonds. The van der Waals surface area contributed by atoms with Crippen LogP contribution in [0, 0.1) is 24.3 Å². The van der Waals surface area contributed by atoms with Gasteiger partial charge in [-0.05, 0) is 25.0 Å². The Morgan fingerprint density at radius 2 is 2.45 bits per heavy atom.